The standard InChI is InChI=1S/C19H18Cl2N4O4/c20-14-8-3-1-6-12(14)18(28)24-22-16(26)10-5-11-17(27)23-25-19(29)13-7-2-4-9-15(13)21/h1-4,6-9H,5,10-11H2,(H,22,26)(H,23,27)(H,24,28)(H,25,29). The van der Waals surface area contributed by atoms with Gasteiger partial charge >= 0.3 is 0 Å². The zero-order valence-corrected chi connectivity index (χ0v) is 16.6. The van der Waals surface area contributed by atoms with Crippen molar-refractivity contribution in [3.8, 4) is 0 Å². The van der Waals surface area contributed by atoms with Gasteiger partial charge in [0.05, 0.1) is 21.2 Å². The van der Waals surface area contributed by atoms with Gasteiger partial charge in [0.15, 0.2) is 0 Å². The maximum absolute atomic E-state index is 11.9. The average molecular weight is 437 g/mol. The van der Waals surface area contributed by atoms with Gasteiger partial charge in [0.25, 0.3) is 11.8 Å². The molecule has 0 saturated heterocycles. The van der Waals surface area contributed by atoms with Crippen LogP contribution in [-0.2, 0) is 9.59 Å². The quantitative estimate of drug-likeness (QED) is 0.520. The van der Waals surface area contributed by atoms with E-state index in [0.29, 0.717) is 0 Å². The molecule has 2 aromatic rings. The van der Waals surface area contributed by atoms with Crippen molar-refractivity contribution >= 4 is 46.8 Å². The number of hydrogen-bond acceptors (Lipinski definition) is 4. The van der Waals surface area contributed by atoms with E-state index in [0.717, 1.165) is 0 Å². The highest BCUT2D eigenvalue weighted by atomic mass is 35.5. The molecule has 0 radical (unpaired) electrons. The Bertz CT molecular complexity index is 847. The Kier molecular flexibility index (Phi) is 8.45. The molecule has 29 heavy (non-hydrogen) atoms. The van der Waals surface area contributed by atoms with Crippen molar-refractivity contribution in [1.29, 1.82) is 0 Å². The van der Waals surface area contributed by atoms with Gasteiger partial charge in [0.2, 0.25) is 11.8 Å². The van der Waals surface area contributed by atoms with E-state index in [9.17, 15) is 19.2 Å². The molecule has 0 aliphatic rings. The first-order valence-corrected chi connectivity index (χ1v) is 9.31. The molecule has 10 heteroatoms. The first-order chi connectivity index (χ1) is 13.9. The number of nitrogens with one attached hydrogen (secondary N) is 4. The summed E-state index contributed by atoms with van der Waals surface area (Å²) in [5.41, 5.74) is 9.44. The third-order valence-electron chi connectivity index (χ3n) is 3.68. The molecule has 8 nitrogen and oxygen atoms in total. The Morgan fingerprint density at radius 1 is 0.621 bits per heavy atom. The highest BCUT2D eigenvalue weighted by Crippen LogP contribution is 2.14. The lowest BCUT2D eigenvalue weighted by Crippen LogP contribution is -2.42. The first kappa shape index (κ1) is 22.2. The normalized spacial score (nSPS) is 10.0. The van der Waals surface area contributed by atoms with Crippen LogP contribution in [0.5, 0.6) is 0 Å². The van der Waals surface area contributed by atoms with Crippen LogP contribution in [0.4, 0.5) is 0 Å². The van der Waals surface area contributed by atoms with Crippen molar-refractivity contribution in [1.82, 2.24) is 21.7 Å². The van der Waals surface area contributed by atoms with E-state index in [1.807, 2.05) is 0 Å². The second kappa shape index (κ2) is 11.0. The summed E-state index contributed by atoms with van der Waals surface area (Å²) in [5.74, 6) is -2.05. The fourth-order valence-corrected chi connectivity index (χ4v) is 2.66. The molecule has 0 unspecified atom stereocenters. The fraction of sp³-hybridized carbons (Fsp3) is 0.158. The molecule has 2 aromatic carbocycles. The third-order valence-corrected chi connectivity index (χ3v) is 4.33. The van der Waals surface area contributed by atoms with E-state index in [2.05, 4.69) is 21.7 Å². The number of benzene rings is 2. The van der Waals surface area contributed by atoms with E-state index < -0.39 is 23.6 Å². The molecule has 152 valence electrons. The highest BCUT2D eigenvalue weighted by Gasteiger charge is 2.12. The van der Waals surface area contributed by atoms with Gasteiger partial charge in [0, 0.05) is 12.8 Å². The lowest BCUT2D eigenvalue weighted by molar-refractivity contribution is -0.123. The van der Waals surface area contributed by atoms with Crippen LogP contribution in [-0.4, -0.2) is 23.6 Å². The molecule has 0 saturated carbocycles. The van der Waals surface area contributed by atoms with Gasteiger partial charge in [-0.05, 0) is 30.7 Å². The third kappa shape index (κ3) is 7.10. The van der Waals surface area contributed by atoms with E-state index in [1.165, 1.54) is 12.1 Å². The predicted octanol–water partition coefficient (Wildman–Crippen LogP) is 2.39. The fourth-order valence-electron chi connectivity index (χ4n) is 2.21. The number of carbonyl (C=O) groups excluding carboxylic acids is 4. The zero-order chi connectivity index (χ0) is 21.2. The summed E-state index contributed by atoms with van der Waals surface area (Å²) in [6, 6.07) is 12.8. The van der Waals surface area contributed by atoms with Gasteiger partial charge < -0.3 is 0 Å². The Balaban J connectivity index is 1.65. The molecule has 0 aromatic heterocycles. The van der Waals surface area contributed by atoms with Crippen molar-refractivity contribution < 1.29 is 19.2 Å². The molecule has 0 spiro atoms. The molecule has 0 atom stereocenters. The first-order valence-electron chi connectivity index (χ1n) is 8.56. The zero-order valence-electron chi connectivity index (χ0n) is 15.1. The number of hydrogen-bond donors (Lipinski definition) is 4. The smallest absolute Gasteiger partial charge is 0.271 e. The summed E-state index contributed by atoms with van der Waals surface area (Å²) in [4.78, 5) is 47.4. The predicted molar refractivity (Wildman–Crippen MR) is 108 cm³/mol. The van der Waals surface area contributed by atoms with Crippen LogP contribution >= 0.6 is 23.2 Å². The second-order valence-electron chi connectivity index (χ2n) is 5.82. The Morgan fingerprint density at radius 3 is 1.38 bits per heavy atom. The van der Waals surface area contributed by atoms with Crippen molar-refractivity contribution in [3.05, 3.63) is 69.7 Å². The molecule has 0 aliphatic heterocycles. The summed E-state index contributed by atoms with van der Waals surface area (Å²) in [5, 5.41) is 0.518. The van der Waals surface area contributed by atoms with Crippen molar-refractivity contribution in [3.63, 3.8) is 0 Å². The van der Waals surface area contributed by atoms with Crippen LogP contribution in [0.1, 0.15) is 40.0 Å². The molecule has 0 heterocycles. The molecule has 4 amide bonds. The minimum Gasteiger partial charge on any atom is -0.273 e. The Morgan fingerprint density at radius 2 is 1.00 bits per heavy atom. The lowest BCUT2D eigenvalue weighted by atomic mass is 10.2. The summed E-state index contributed by atoms with van der Waals surface area (Å²) in [7, 11) is 0. The van der Waals surface area contributed by atoms with Crippen LogP contribution in [0.3, 0.4) is 0 Å². The van der Waals surface area contributed by atoms with E-state index in [4.69, 9.17) is 23.2 Å². The molecular weight excluding hydrogens is 419 g/mol. The van der Waals surface area contributed by atoms with Crippen molar-refractivity contribution in [2.45, 2.75) is 19.3 Å². The summed E-state index contributed by atoms with van der Waals surface area (Å²) in [6.45, 7) is 0. The van der Waals surface area contributed by atoms with Gasteiger partial charge in [-0.15, -0.1) is 0 Å². The second-order valence-corrected chi connectivity index (χ2v) is 6.63. The van der Waals surface area contributed by atoms with E-state index >= 15 is 0 Å². The van der Waals surface area contributed by atoms with E-state index in [1.54, 1.807) is 36.4 Å². The van der Waals surface area contributed by atoms with Crippen molar-refractivity contribution in [2.75, 3.05) is 0 Å². The number of rotatable bonds is 6. The molecule has 4 N–H and O–H groups in total. The van der Waals surface area contributed by atoms with Crippen LogP contribution in [0.2, 0.25) is 10.0 Å². The number of halogens is 2. The van der Waals surface area contributed by atoms with Gasteiger partial charge in [-0.2, -0.15) is 0 Å². The topological polar surface area (TPSA) is 116 Å². The Hall–Kier alpha value is -3.10. The van der Waals surface area contributed by atoms with Crippen LogP contribution in [0.15, 0.2) is 48.5 Å². The SMILES string of the molecule is O=C(CCCC(=O)NNC(=O)c1ccccc1Cl)NNC(=O)c1ccccc1Cl. The molecule has 2 rings (SSSR count). The largest absolute Gasteiger partial charge is 0.273 e. The van der Waals surface area contributed by atoms with Crippen LogP contribution in [0, 0.1) is 0 Å². The number of amides is 4. The van der Waals surface area contributed by atoms with Gasteiger partial charge in [-0.25, -0.2) is 0 Å². The number of hydrazine groups is 2. The van der Waals surface area contributed by atoms with Gasteiger partial charge in [0.1, 0.15) is 0 Å². The van der Waals surface area contributed by atoms with Crippen LogP contribution in [0.25, 0.3) is 0 Å². The summed E-state index contributed by atoms with van der Waals surface area (Å²) in [6.07, 6.45) is 0.199. The monoisotopic (exact) mass is 436 g/mol. The molecule has 0 aliphatic carbocycles. The van der Waals surface area contributed by atoms with Crippen molar-refractivity contribution in [2.24, 2.45) is 0 Å². The molecule has 0 bridgehead atoms. The highest BCUT2D eigenvalue weighted by molar-refractivity contribution is 6.34. The number of carbonyl (C=O) groups is 4. The Labute approximate surface area is 176 Å². The minimum absolute atomic E-state index is 0.00528. The van der Waals surface area contributed by atoms with Gasteiger partial charge in [-0.3, -0.25) is 40.9 Å². The minimum atomic E-state index is -0.552. The summed E-state index contributed by atoms with van der Waals surface area (Å²) >= 11 is 11.8. The average Bonchev–Trinajstić information content (AvgIpc) is 2.71. The van der Waals surface area contributed by atoms with Crippen LogP contribution < -0.4 is 21.7 Å². The van der Waals surface area contributed by atoms with Gasteiger partial charge in [-0.1, -0.05) is 47.5 Å². The molecule has 0 fully saturated rings. The molecular formula is C19H18Cl2N4O4. The maximum atomic E-state index is 11.9. The summed E-state index contributed by atoms with van der Waals surface area (Å²) < 4.78 is 0. The van der Waals surface area contributed by atoms with E-state index in [-0.39, 0.29) is 40.4 Å². The lowest BCUT2D eigenvalue weighted by Gasteiger charge is -2.09. The maximum Gasteiger partial charge on any atom is 0.271 e.